The Kier molecular flexibility index (Phi) is 5.67. The molecule has 0 amide bonds. The van der Waals surface area contributed by atoms with Gasteiger partial charge in [0.15, 0.2) is 0 Å². The minimum absolute atomic E-state index is 0.740. The summed E-state index contributed by atoms with van der Waals surface area (Å²) >= 11 is 0. The van der Waals surface area contributed by atoms with Crippen LogP contribution in [-0.2, 0) is 11.3 Å². The van der Waals surface area contributed by atoms with Gasteiger partial charge in [-0.05, 0) is 31.7 Å². The third-order valence-electron chi connectivity index (χ3n) is 3.71. The Bertz CT molecular complexity index is 388. The largest absolute Gasteiger partial charge is 0.493 e. The van der Waals surface area contributed by atoms with Crippen molar-refractivity contribution in [1.29, 1.82) is 0 Å². The van der Waals surface area contributed by atoms with E-state index in [4.69, 9.17) is 9.47 Å². The van der Waals surface area contributed by atoms with Crippen LogP contribution >= 0.6 is 0 Å². The molecule has 0 heterocycles. The van der Waals surface area contributed by atoms with Crippen molar-refractivity contribution in [3.8, 4) is 5.75 Å². The minimum atomic E-state index is 0.740. The van der Waals surface area contributed by atoms with E-state index in [0.717, 1.165) is 38.0 Å². The fourth-order valence-corrected chi connectivity index (χ4v) is 2.25. The lowest BCUT2D eigenvalue weighted by Crippen LogP contribution is -2.21. The number of hydrogen-bond donors (Lipinski definition) is 1. The first kappa shape index (κ1) is 14.4. The van der Waals surface area contributed by atoms with Gasteiger partial charge < -0.3 is 14.8 Å². The average Bonchev–Trinajstić information content (AvgIpc) is 2.35. The van der Waals surface area contributed by atoms with Crippen molar-refractivity contribution in [3.05, 3.63) is 29.3 Å². The second-order valence-corrected chi connectivity index (χ2v) is 5.39. The maximum Gasteiger partial charge on any atom is 0.123 e. The molecular weight excluding hydrogens is 238 g/mol. The lowest BCUT2D eigenvalue weighted by Gasteiger charge is -2.25. The zero-order valence-electron chi connectivity index (χ0n) is 12.1. The summed E-state index contributed by atoms with van der Waals surface area (Å²) in [5, 5.41) is 3.38. The molecule has 1 fully saturated rings. The summed E-state index contributed by atoms with van der Waals surface area (Å²) in [7, 11) is 1.72. The predicted octanol–water partition coefficient (Wildman–Crippen LogP) is 2.91. The maximum atomic E-state index is 5.98. The van der Waals surface area contributed by atoms with Gasteiger partial charge in [-0.25, -0.2) is 0 Å². The van der Waals surface area contributed by atoms with Crippen molar-refractivity contribution in [2.24, 2.45) is 5.92 Å². The number of methoxy groups -OCH3 is 1. The fourth-order valence-electron chi connectivity index (χ4n) is 2.25. The number of ether oxygens (including phenoxy) is 2. The molecular formula is C16H25NO2. The molecule has 0 unspecified atom stereocenters. The molecule has 1 aromatic rings. The summed E-state index contributed by atoms with van der Waals surface area (Å²) in [4.78, 5) is 0. The SMILES string of the molecule is COCCNCc1cc(C)ccc1OCC1CCC1. The van der Waals surface area contributed by atoms with Crippen LogP contribution in [0.2, 0.25) is 0 Å². The lowest BCUT2D eigenvalue weighted by molar-refractivity contribution is 0.178. The van der Waals surface area contributed by atoms with Gasteiger partial charge in [0, 0.05) is 25.8 Å². The van der Waals surface area contributed by atoms with Gasteiger partial charge in [-0.3, -0.25) is 0 Å². The van der Waals surface area contributed by atoms with E-state index in [9.17, 15) is 0 Å². The Morgan fingerprint density at radius 1 is 1.32 bits per heavy atom. The van der Waals surface area contributed by atoms with Crippen molar-refractivity contribution in [1.82, 2.24) is 5.32 Å². The van der Waals surface area contributed by atoms with E-state index < -0.39 is 0 Å². The Hall–Kier alpha value is -1.06. The van der Waals surface area contributed by atoms with Crippen LogP contribution in [0.5, 0.6) is 5.75 Å². The summed E-state index contributed by atoms with van der Waals surface area (Å²) in [6.07, 6.45) is 4.02. The zero-order valence-corrected chi connectivity index (χ0v) is 12.1. The van der Waals surface area contributed by atoms with Gasteiger partial charge in [-0.2, -0.15) is 0 Å². The normalized spacial score (nSPS) is 15.3. The highest BCUT2D eigenvalue weighted by molar-refractivity contribution is 5.36. The quantitative estimate of drug-likeness (QED) is 0.732. The van der Waals surface area contributed by atoms with E-state index in [-0.39, 0.29) is 0 Å². The van der Waals surface area contributed by atoms with Crippen LogP contribution < -0.4 is 10.1 Å². The molecule has 1 aromatic carbocycles. The van der Waals surface area contributed by atoms with Crippen LogP contribution in [0.15, 0.2) is 18.2 Å². The van der Waals surface area contributed by atoms with Crippen molar-refractivity contribution >= 4 is 0 Å². The molecule has 1 aliphatic carbocycles. The standard InChI is InChI=1S/C16H25NO2/c1-13-6-7-16(19-12-14-4-3-5-14)15(10-13)11-17-8-9-18-2/h6-7,10,14,17H,3-5,8-9,11-12H2,1-2H3. The van der Waals surface area contributed by atoms with Gasteiger partial charge in [0.1, 0.15) is 5.75 Å². The minimum Gasteiger partial charge on any atom is -0.493 e. The highest BCUT2D eigenvalue weighted by Gasteiger charge is 2.18. The summed E-state index contributed by atoms with van der Waals surface area (Å²) < 4.78 is 11.0. The average molecular weight is 263 g/mol. The van der Waals surface area contributed by atoms with Gasteiger partial charge >= 0.3 is 0 Å². The van der Waals surface area contributed by atoms with E-state index in [2.05, 4.69) is 30.4 Å². The summed E-state index contributed by atoms with van der Waals surface area (Å²) in [6.45, 7) is 5.43. The van der Waals surface area contributed by atoms with E-state index >= 15 is 0 Å². The summed E-state index contributed by atoms with van der Waals surface area (Å²) in [5.41, 5.74) is 2.52. The molecule has 2 rings (SSSR count). The first-order chi connectivity index (χ1) is 9.29. The van der Waals surface area contributed by atoms with E-state index in [0.29, 0.717) is 0 Å². The molecule has 0 aromatic heterocycles. The molecule has 3 heteroatoms. The molecule has 3 nitrogen and oxygen atoms in total. The second kappa shape index (κ2) is 7.51. The third-order valence-corrected chi connectivity index (χ3v) is 3.71. The number of nitrogens with one attached hydrogen (secondary N) is 1. The zero-order chi connectivity index (χ0) is 13.5. The number of hydrogen-bond acceptors (Lipinski definition) is 3. The Balaban J connectivity index is 1.87. The number of rotatable bonds is 8. The molecule has 0 atom stereocenters. The van der Waals surface area contributed by atoms with Crippen LogP contribution in [0.25, 0.3) is 0 Å². The molecule has 0 saturated heterocycles. The number of benzene rings is 1. The van der Waals surface area contributed by atoms with Crippen molar-refractivity contribution in [3.63, 3.8) is 0 Å². The smallest absolute Gasteiger partial charge is 0.123 e. The Morgan fingerprint density at radius 2 is 2.16 bits per heavy atom. The number of aryl methyl sites for hydroxylation is 1. The molecule has 19 heavy (non-hydrogen) atoms. The topological polar surface area (TPSA) is 30.5 Å². The van der Waals surface area contributed by atoms with Crippen LogP contribution in [0.4, 0.5) is 0 Å². The molecule has 1 aliphatic rings. The van der Waals surface area contributed by atoms with Crippen molar-refractivity contribution in [2.75, 3.05) is 26.9 Å². The van der Waals surface area contributed by atoms with E-state index in [1.807, 2.05) is 0 Å². The van der Waals surface area contributed by atoms with Crippen LogP contribution in [0.3, 0.4) is 0 Å². The van der Waals surface area contributed by atoms with Crippen LogP contribution in [-0.4, -0.2) is 26.9 Å². The summed E-state index contributed by atoms with van der Waals surface area (Å²) in [5.74, 6) is 1.80. The Morgan fingerprint density at radius 3 is 2.84 bits per heavy atom. The van der Waals surface area contributed by atoms with Gasteiger partial charge in [0.05, 0.1) is 13.2 Å². The van der Waals surface area contributed by atoms with Gasteiger partial charge in [-0.1, -0.05) is 24.1 Å². The first-order valence-corrected chi connectivity index (χ1v) is 7.21. The lowest BCUT2D eigenvalue weighted by atomic mass is 9.86. The molecule has 0 bridgehead atoms. The molecule has 0 aliphatic heterocycles. The predicted molar refractivity (Wildman–Crippen MR) is 77.6 cm³/mol. The molecule has 0 spiro atoms. The maximum absolute atomic E-state index is 5.98. The molecule has 1 saturated carbocycles. The van der Waals surface area contributed by atoms with Crippen LogP contribution in [0, 0.1) is 12.8 Å². The van der Waals surface area contributed by atoms with Crippen molar-refractivity contribution in [2.45, 2.75) is 32.7 Å². The monoisotopic (exact) mass is 263 g/mol. The first-order valence-electron chi connectivity index (χ1n) is 7.21. The van der Waals surface area contributed by atoms with E-state index in [1.54, 1.807) is 7.11 Å². The van der Waals surface area contributed by atoms with Gasteiger partial charge in [-0.15, -0.1) is 0 Å². The fraction of sp³-hybridized carbons (Fsp3) is 0.625. The second-order valence-electron chi connectivity index (χ2n) is 5.39. The summed E-state index contributed by atoms with van der Waals surface area (Å²) in [6, 6.07) is 6.42. The van der Waals surface area contributed by atoms with Gasteiger partial charge in [0.2, 0.25) is 0 Å². The van der Waals surface area contributed by atoms with Gasteiger partial charge in [0.25, 0.3) is 0 Å². The molecule has 0 radical (unpaired) electrons. The molecule has 106 valence electrons. The van der Waals surface area contributed by atoms with Crippen LogP contribution in [0.1, 0.15) is 30.4 Å². The Labute approximate surface area is 116 Å². The van der Waals surface area contributed by atoms with Crippen molar-refractivity contribution < 1.29 is 9.47 Å². The molecule has 1 N–H and O–H groups in total. The van der Waals surface area contributed by atoms with E-state index in [1.165, 1.54) is 30.4 Å². The third kappa shape index (κ3) is 4.51. The highest BCUT2D eigenvalue weighted by Crippen LogP contribution is 2.28. The highest BCUT2D eigenvalue weighted by atomic mass is 16.5.